The van der Waals surface area contributed by atoms with Crippen molar-refractivity contribution in [2.24, 2.45) is 0 Å². The van der Waals surface area contributed by atoms with Crippen molar-refractivity contribution >= 4 is 46.4 Å². The molecule has 0 saturated heterocycles. The first-order valence-corrected chi connectivity index (χ1v) is 21.9. The smallest absolute Gasteiger partial charge is 0.293 e. The summed E-state index contributed by atoms with van der Waals surface area (Å²) >= 11 is 0. The second-order valence-corrected chi connectivity index (χ2v) is 15.3. The lowest BCUT2D eigenvalue weighted by Crippen LogP contribution is -3.00. The van der Waals surface area contributed by atoms with Crippen molar-refractivity contribution in [3.63, 3.8) is 0 Å². The van der Waals surface area contributed by atoms with E-state index < -0.39 is 0 Å². The standard InChI is InChI=1S/C48H57N12.4HI/c1-9-53-25-26-54(10-2)45(53)41-33-17-19-35(49-33)42(46-55(11-3)27-28-56(46)12-4)37-21-23-39(51-37)44(48-59(15-7)31-32-60(48)16-8)40-24-22-38(52-40)43(36-20-18-34(41)50-36)47-57(13-5)29-30-58(47)14-6;;;;/h17-32H,9-16H2,1-8H3,(H,49,50,51,52);4*1H/q+3;;;;/p-3. The summed E-state index contributed by atoms with van der Waals surface area (Å²) in [6, 6.07) is 8.92. The molecule has 7 aromatic rings. The van der Waals surface area contributed by atoms with E-state index in [0.717, 1.165) is 143 Å². The maximum Gasteiger partial charge on any atom is 0.293 e. The molecule has 9 heterocycles. The monoisotopic (exact) mass is 1310 g/mol. The lowest BCUT2D eigenvalue weighted by molar-refractivity contribution is -0.682. The number of rotatable bonds is 12. The Labute approximate surface area is 444 Å². The van der Waals surface area contributed by atoms with Gasteiger partial charge in [-0.15, -0.1) is 0 Å². The van der Waals surface area contributed by atoms with Gasteiger partial charge in [-0.1, -0.05) is 0 Å². The number of nitrogens with zero attached hydrogens (tertiary/aromatic N) is 10. The maximum atomic E-state index is 5.63. The highest BCUT2D eigenvalue weighted by Gasteiger charge is 2.31. The number of aromatic nitrogens is 12. The number of H-pyrrole nitrogens is 2. The summed E-state index contributed by atoms with van der Waals surface area (Å²) in [6.07, 6.45) is 26.3. The van der Waals surface area contributed by atoms with E-state index in [2.05, 4.69) is 200 Å². The van der Waals surface area contributed by atoms with Crippen LogP contribution >= 0.6 is 0 Å². The zero-order valence-electron chi connectivity index (χ0n) is 37.9. The number of nitrogens with one attached hydrogen (secondary N) is 2. The fourth-order valence-corrected chi connectivity index (χ4v) is 9.21. The predicted octanol–water partition coefficient (Wildman–Crippen LogP) is -4.15. The summed E-state index contributed by atoms with van der Waals surface area (Å²) in [5.74, 6) is 4.45. The van der Waals surface area contributed by atoms with Crippen LogP contribution in [0.2, 0.25) is 0 Å². The lowest BCUT2D eigenvalue weighted by Gasteiger charge is -2.07. The summed E-state index contributed by atoms with van der Waals surface area (Å²) < 4.78 is 18.6. The first-order valence-electron chi connectivity index (χ1n) is 21.9. The molecule has 338 valence electrons. The van der Waals surface area contributed by atoms with Gasteiger partial charge in [0.1, 0.15) is 71.8 Å². The highest BCUT2D eigenvalue weighted by atomic mass is 127. The first kappa shape index (κ1) is 51.3. The third kappa shape index (κ3) is 8.72. The van der Waals surface area contributed by atoms with E-state index in [1.54, 1.807) is 0 Å². The molecule has 0 amide bonds. The van der Waals surface area contributed by atoms with Crippen LogP contribution in [-0.4, -0.2) is 38.2 Å². The molecule has 2 N–H and O–H groups in total. The van der Waals surface area contributed by atoms with Gasteiger partial charge in [-0.25, -0.2) is 46.5 Å². The van der Waals surface area contributed by atoms with Crippen molar-refractivity contribution < 1.29 is 114 Å². The number of fused-ring (bicyclic) bond motifs is 8. The van der Waals surface area contributed by atoms with E-state index >= 15 is 0 Å². The van der Waals surface area contributed by atoms with Gasteiger partial charge in [0.2, 0.25) is 0 Å². The second-order valence-electron chi connectivity index (χ2n) is 15.3. The minimum atomic E-state index is 0. The van der Waals surface area contributed by atoms with E-state index in [1.165, 1.54) is 0 Å². The van der Waals surface area contributed by atoms with E-state index in [0.29, 0.717) is 0 Å². The Balaban J connectivity index is 0.00000193. The van der Waals surface area contributed by atoms with Gasteiger partial charge < -0.3 is 106 Å². The molecule has 16 heteroatoms. The Morgan fingerprint density at radius 1 is 0.375 bits per heavy atom. The normalized spacial score (nSPS) is 11.6. The van der Waals surface area contributed by atoms with Gasteiger partial charge in [0.15, 0.2) is 0 Å². The average molecular weight is 1310 g/mol. The quantitative estimate of drug-likeness (QED) is 0.0963. The van der Waals surface area contributed by atoms with Crippen LogP contribution < -0.4 is 114 Å². The van der Waals surface area contributed by atoms with Gasteiger partial charge in [0.25, 0.3) is 23.3 Å². The Bertz CT molecular complexity index is 2530. The minimum absolute atomic E-state index is 0. The van der Waals surface area contributed by atoms with Crippen LogP contribution in [0.1, 0.15) is 78.2 Å². The molecule has 0 saturated carbocycles. The van der Waals surface area contributed by atoms with Crippen molar-refractivity contribution in [2.75, 3.05) is 0 Å². The molecule has 64 heavy (non-hydrogen) atoms. The molecule has 0 spiro atoms. The summed E-state index contributed by atoms with van der Waals surface area (Å²) in [7, 11) is 0. The Hall–Kier alpha value is -3.64. The van der Waals surface area contributed by atoms with Crippen LogP contribution in [0.3, 0.4) is 0 Å². The number of aromatic amines is 2. The molecule has 2 aliphatic heterocycles. The van der Waals surface area contributed by atoms with Crippen molar-refractivity contribution in [2.45, 2.75) is 108 Å². The topological polar surface area (TPSA) is 92.6 Å². The van der Waals surface area contributed by atoms with Crippen molar-refractivity contribution in [1.82, 2.24) is 38.2 Å². The van der Waals surface area contributed by atoms with Crippen LogP contribution in [0.4, 0.5) is 0 Å². The fraction of sp³-hybridized carbons (Fsp3) is 0.333. The molecular formula is C48H58I4N12. The van der Waals surface area contributed by atoms with E-state index in [-0.39, 0.29) is 95.9 Å². The fourth-order valence-electron chi connectivity index (χ4n) is 9.21. The number of halogens is 4. The van der Waals surface area contributed by atoms with Crippen LogP contribution in [0, 0.1) is 0 Å². The van der Waals surface area contributed by atoms with Gasteiger partial charge in [-0.3, -0.25) is 0 Å². The molecule has 0 aromatic carbocycles. The molecule has 2 aliphatic rings. The van der Waals surface area contributed by atoms with Crippen molar-refractivity contribution in [3.05, 3.63) is 96.6 Å². The largest absolute Gasteiger partial charge is 1.00 e. The van der Waals surface area contributed by atoms with E-state index in [4.69, 9.17) is 9.97 Å². The highest BCUT2D eigenvalue weighted by molar-refractivity contribution is 5.97. The number of hydrogen-bond acceptors (Lipinski definition) is 2. The van der Waals surface area contributed by atoms with Crippen LogP contribution in [-0.2, 0) is 52.4 Å². The number of hydrogen-bond donors (Lipinski definition) is 2. The minimum Gasteiger partial charge on any atom is -1.00 e. The van der Waals surface area contributed by atoms with Crippen molar-refractivity contribution in [1.29, 1.82) is 0 Å². The highest BCUT2D eigenvalue weighted by Crippen LogP contribution is 2.37. The maximum absolute atomic E-state index is 5.63. The Morgan fingerprint density at radius 2 is 0.594 bits per heavy atom. The summed E-state index contributed by atoms with van der Waals surface area (Å²) in [6.45, 7) is 24.3. The molecule has 12 nitrogen and oxygen atoms in total. The third-order valence-corrected chi connectivity index (χ3v) is 12.3. The third-order valence-electron chi connectivity index (χ3n) is 12.3. The average Bonchev–Trinajstić information content (AvgIpc) is 4.13. The molecule has 0 fully saturated rings. The predicted molar refractivity (Wildman–Crippen MR) is 239 cm³/mol. The van der Waals surface area contributed by atoms with Crippen LogP contribution in [0.15, 0.2) is 73.8 Å². The lowest BCUT2D eigenvalue weighted by atomic mass is 10.1. The van der Waals surface area contributed by atoms with Gasteiger partial charge in [-0.05, 0) is 104 Å². The molecule has 7 aromatic heterocycles. The first-order chi connectivity index (χ1) is 29.4. The zero-order chi connectivity index (χ0) is 41.7. The van der Waals surface area contributed by atoms with Gasteiger partial charge in [-0.2, -0.15) is 0 Å². The number of imidazole rings is 4. The van der Waals surface area contributed by atoms with Gasteiger partial charge >= 0.3 is 0 Å². The molecule has 0 aliphatic carbocycles. The number of aryl methyl sites for hydroxylation is 8. The summed E-state index contributed by atoms with van der Waals surface area (Å²) in [5.41, 5.74) is 11.9. The van der Waals surface area contributed by atoms with E-state index in [9.17, 15) is 0 Å². The molecule has 0 unspecified atom stereocenters. The molecule has 0 atom stereocenters. The second kappa shape index (κ2) is 21.8. The Kier molecular flexibility index (Phi) is 17.5. The summed E-state index contributed by atoms with van der Waals surface area (Å²) in [4.78, 5) is 19.2. The SMILES string of the molecule is CCn1cc[n+](CC)c1-c1c2nc(c(-c3n(CC)cc[n+]3CC)c3ccc([nH]3)c(-c3n(CC)cc[n+]3CC)c3nc(c(-c4n(CC)cc[n+]4CC)c4ccc1[nH]4)C=C3)C=C2.[I-].[I-].[I-].[I-]. The van der Waals surface area contributed by atoms with Crippen LogP contribution in [0.25, 0.3) is 91.9 Å². The van der Waals surface area contributed by atoms with Crippen LogP contribution in [0.5, 0.6) is 0 Å². The molecule has 9 rings (SSSR count). The van der Waals surface area contributed by atoms with Crippen molar-refractivity contribution in [3.8, 4) is 45.6 Å². The summed E-state index contributed by atoms with van der Waals surface area (Å²) in [5, 5.41) is 0. The van der Waals surface area contributed by atoms with Gasteiger partial charge in [0, 0.05) is 0 Å². The molecule has 8 bridgehead atoms. The molecule has 0 radical (unpaired) electrons. The van der Waals surface area contributed by atoms with E-state index in [1.807, 2.05) is 0 Å². The van der Waals surface area contributed by atoms with Gasteiger partial charge in [0.05, 0.1) is 97.2 Å². The molecular weight excluding hydrogens is 1250 g/mol. The zero-order valence-corrected chi connectivity index (χ0v) is 46.5. The Morgan fingerprint density at radius 3 is 0.781 bits per heavy atom.